The van der Waals surface area contributed by atoms with Crippen LogP contribution in [0.1, 0.15) is 19.4 Å². The van der Waals surface area contributed by atoms with Crippen molar-refractivity contribution in [3.63, 3.8) is 0 Å². The van der Waals surface area contributed by atoms with Gasteiger partial charge in [-0.1, -0.05) is 63.4 Å². The molecule has 102 valence electrons. The SMILES string of the molecule is C=C/C=C(O)\C=C(/C=C)OCc1ccccc1.CC. The first-order valence-corrected chi connectivity index (χ1v) is 6.29. The maximum atomic E-state index is 9.43. The van der Waals surface area contributed by atoms with Gasteiger partial charge in [0.05, 0.1) is 0 Å². The van der Waals surface area contributed by atoms with Crippen molar-refractivity contribution in [2.75, 3.05) is 0 Å². The number of rotatable bonds is 6. The molecule has 0 saturated carbocycles. The average molecular weight is 258 g/mol. The molecule has 2 nitrogen and oxygen atoms in total. The van der Waals surface area contributed by atoms with Crippen molar-refractivity contribution in [1.82, 2.24) is 0 Å². The fraction of sp³-hybridized carbons (Fsp3) is 0.176. The van der Waals surface area contributed by atoms with Crippen LogP contribution in [-0.4, -0.2) is 5.11 Å². The zero-order valence-corrected chi connectivity index (χ0v) is 11.7. The van der Waals surface area contributed by atoms with Crippen LogP contribution in [0.3, 0.4) is 0 Å². The monoisotopic (exact) mass is 258 g/mol. The molecule has 0 aliphatic rings. The number of hydrogen-bond donors (Lipinski definition) is 1. The van der Waals surface area contributed by atoms with Crippen LogP contribution in [0.25, 0.3) is 0 Å². The Morgan fingerprint density at radius 3 is 2.37 bits per heavy atom. The van der Waals surface area contributed by atoms with Gasteiger partial charge in [0.25, 0.3) is 0 Å². The fourth-order valence-corrected chi connectivity index (χ4v) is 1.22. The second-order valence-corrected chi connectivity index (χ2v) is 3.35. The van der Waals surface area contributed by atoms with Gasteiger partial charge < -0.3 is 9.84 Å². The van der Waals surface area contributed by atoms with Crippen molar-refractivity contribution in [2.45, 2.75) is 20.5 Å². The summed E-state index contributed by atoms with van der Waals surface area (Å²) in [5, 5.41) is 9.43. The Kier molecular flexibility index (Phi) is 9.63. The summed E-state index contributed by atoms with van der Waals surface area (Å²) in [4.78, 5) is 0. The van der Waals surface area contributed by atoms with E-state index in [1.54, 1.807) is 6.08 Å². The molecule has 0 aliphatic heterocycles. The Hall–Kier alpha value is -2.22. The molecule has 0 radical (unpaired) electrons. The Morgan fingerprint density at radius 1 is 1.21 bits per heavy atom. The molecule has 0 spiro atoms. The van der Waals surface area contributed by atoms with Gasteiger partial charge in [-0.25, -0.2) is 0 Å². The van der Waals surface area contributed by atoms with Gasteiger partial charge in [0, 0.05) is 6.08 Å². The van der Waals surface area contributed by atoms with Crippen molar-refractivity contribution in [3.05, 3.63) is 84.9 Å². The van der Waals surface area contributed by atoms with E-state index in [0.29, 0.717) is 12.4 Å². The van der Waals surface area contributed by atoms with Crippen LogP contribution in [0.5, 0.6) is 0 Å². The summed E-state index contributed by atoms with van der Waals surface area (Å²) in [6.45, 7) is 11.6. The first-order chi connectivity index (χ1) is 9.26. The molecule has 0 saturated heterocycles. The Bertz CT molecular complexity index is 428. The van der Waals surface area contributed by atoms with Gasteiger partial charge in [-0.3, -0.25) is 0 Å². The van der Waals surface area contributed by atoms with Crippen LogP contribution in [0, 0.1) is 0 Å². The lowest BCUT2D eigenvalue weighted by Gasteiger charge is -2.06. The summed E-state index contributed by atoms with van der Waals surface area (Å²) in [5.41, 5.74) is 1.06. The highest BCUT2D eigenvalue weighted by molar-refractivity contribution is 5.23. The molecule has 0 unspecified atom stereocenters. The van der Waals surface area contributed by atoms with E-state index in [9.17, 15) is 5.11 Å². The molecule has 0 heterocycles. The Morgan fingerprint density at radius 2 is 1.84 bits per heavy atom. The highest BCUT2D eigenvalue weighted by Gasteiger charge is 1.96. The third kappa shape index (κ3) is 7.66. The number of benzene rings is 1. The van der Waals surface area contributed by atoms with Crippen molar-refractivity contribution in [2.24, 2.45) is 0 Å². The highest BCUT2D eigenvalue weighted by Crippen LogP contribution is 2.08. The Balaban J connectivity index is 0.00000154. The highest BCUT2D eigenvalue weighted by atomic mass is 16.5. The van der Waals surface area contributed by atoms with Gasteiger partial charge in [-0.2, -0.15) is 0 Å². The van der Waals surface area contributed by atoms with Crippen molar-refractivity contribution >= 4 is 0 Å². The standard InChI is InChI=1S/C15H16O2.C2H6/c1-3-8-14(16)11-15(4-2)17-12-13-9-6-5-7-10-13;1-2/h3-11,16H,1-2,12H2;1-2H3/b14-8+,15-11+;. The van der Waals surface area contributed by atoms with Crippen LogP contribution in [0.2, 0.25) is 0 Å². The molecule has 0 amide bonds. The number of allylic oxidation sites excluding steroid dienone is 4. The average Bonchev–Trinajstić information content (AvgIpc) is 2.47. The van der Waals surface area contributed by atoms with Crippen molar-refractivity contribution in [3.8, 4) is 0 Å². The second kappa shape index (κ2) is 10.9. The fourth-order valence-electron chi connectivity index (χ4n) is 1.22. The van der Waals surface area contributed by atoms with Crippen LogP contribution in [-0.2, 0) is 11.3 Å². The van der Waals surface area contributed by atoms with Gasteiger partial charge in [0.15, 0.2) is 0 Å². The van der Waals surface area contributed by atoms with Crippen molar-refractivity contribution in [1.29, 1.82) is 0 Å². The lowest BCUT2D eigenvalue weighted by molar-refractivity contribution is 0.209. The molecule has 1 aromatic carbocycles. The number of ether oxygens (including phenoxy) is 1. The van der Waals surface area contributed by atoms with Gasteiger partial charge in [0.2, 0.25) is 0 Å². The van der Waals surface area contributed by atoms with E-state index < -0.39 is 0 Å². The van der Waals surface area contributed by atoms with E-state index in [1.807, 2.05) is 44.2 Å². The van der Waals surface area contributed by atoms with E-state index in [1.165, 1.54) is 18.2 Å². The van der Waals surface area contributed by atoms with Crippen LogP contribution in [0.4, 0.5) is 0 Å². The zero-order chi connectivity index (χ0) is 14.5. The minimum Gasteiger partial charge on any atom is -0.508 e. The minimum atomic E-state index is 0.0861. The third-order valence-corrected chi connectivity index (χ3v) is 2.03. The second-order valence-electron chi connectivity index (χ2n) is 3.35. The lowest BCUT2D eigenvalue weighted by atomic mass is 10.2. The minimum absolute atomic E-state index is 0.0861. The van der Waals surface area contributed by atoms with Crippen LogP contribution < -0.4 is 0 Å². The molecular weight excluding hydrogens is 236 g/mol. The molecule has 1 aromatic rings. The summed E-state index contributed by atoms with van der Waals surface area (Å²) in [7, 11) is 0. The summed E-state index contributed by atoms with van der Waals surface area (Å²) in [6.07, 6.45) is 6.03. The van der Waals surface area contributed by atoms with E-state index in [4.69, 9.17) is 4.74 Å². The van der Waals surface area contributed by atoms with Gasteiger partial charge in [0.1, 0.15) is 18.1 Å². The van der Waals surface area contributed by atoms with E-state index in [0.717, 1.165) is 5.56 Å². The number of aliphatic hydroxyl groups excluding tert-OH is 1. The predicted octanol–water partition coefficient (Wildman–Crippen LogP) is 4.93. The third-order valence-electron chi connectivity index (χ3n) is 2.03. The van der Waals surface area contributed by atoms with Gasteiger partial charge in [-0.15, -0.1) is 0 Å². The quantitative estimate of drug-likeness (QED) is 0.579. The predicted molar refractivity (Wildman–Crippen MR) is 81.8 cm³/mol. The van der Waals surface area contributed by atoms with E-state index >= 15 is 0 Å². The number of hydrogen-bond acceptors (Lipinski definition) is 2. The molecule has 0 bridgehead atoms. The lowest BCUT2D eigenvalue weighted by Crippen LogP contribution is -1.92. The molecule has 1 rings (SSSR count). The normalized spacial score (nSPS) is 11.1. The van der Waals surface area contributed by atoms with Crippen LogP contribution >= 0.6 is 0 Å². The summed E-state index contributed by atoms with van der Waals surface area (Å²) >= 11 is 0. The summed E-state index contributed by atoms with van der Waals surface area (Å²) < 4.78 is 5.50. The summed E-state index contributed by atoms with van der Waals surface area (Å²) in [5.74, 6) is 0.604. The van der Waals surface area contributed by atoms with Gasteiger partial charge in [-0.05, 0) is 17.7 Å². The zero-order valence-electron chi connectivity index (χ0n) is 11.7. The molecule has 19 heavy (non-hydrogen) atoms. The summed E-state index contributed by atoms with van der Waals surface area (Å²) in [6, 6.07) is 9.79. The first kappa shape index (κ1) is 16.8. The molecule has 0 atom stereocenters. The van der Waals surface area contributed by atoms with E-state index in [-0.39, 0.29) is 5.76 Å². The molecule has 0 aromatic heterocycles. The first-order valence-electron chi connectivity index (χ1n) is 6.29. The number of aliphatic hydroxyl groups is 1. The smallest absolute Gasteiger partial charge is 0.122 e. The maximum Gasteiger partial charge on any atom is 0.122 e. The topological polar surface area (TPSA) is 29.5 Å². The molecule has 1 N–H and O–H groups in total. The van der Waals surface area contributed by atoms with Crippen molar-refractivity contribution < 1.29 is 9.84 Å². The molecular formula is C17H22O2. The Labute approximate surface area is 116 Å². The van der Waals surface area contributed by atoms with Gasteiger partial charge >= 0.3 is 0 Å². The van der Waals surface area contributed by atoms with Crippen LogP contribution in [0.15, 0.2) is 79.3 Å². The molecule has 2 heteroatoms. The van der Waals surface area contributed by atoms with E-state index in [2.05, 4.69) is 13.2 Å². The largest absolute Gasteiger partial charge is 0.508 e. The molecule has 0 aliphatic carbocycles. The maximum absolute atomic E-state index is 9.43. The molecule has 0 fully saturated rings.